The first-order chi connectivity index (χ1) is 13.2. The van der Waals surface area contributed by atoms with Crippen LogP contribution in [0.5, 0.6) is 0 Å². The third kappa shape index (κ3) is 2.70. The van der Waals surface area contributed by atoms with Crippen LogP contribution in [0, 0.1) is 0 Å². The summed E-state index contributed by atoms with van der Waals surface area (Å²) in [4.78, 5) is 26.3. The molecule has 0 radical (unpaired) electrons. The average molecular weight is 357 g/mol. The van der Waals surface area contributed by atoms with E-state index in [1.54, 1.807) is 6.20 Å². The minimum Gasteiger partial charge on any atom is -0.398 e. The van der Waals surface area contributed by atoms with Gasteiger partial charge in [-0.15, -0.1) is 0 Å². The number of Topliss-reactive ketones (excluding diaryl/α,β-unsaturated/α-hetero) is 1. The molecule has 0 atom stereocenters. The Bertz CT molecular complexity index is 1170. The van der Waals surface area contributed by atoms with Crippen molar-refractivity contribution in [1.82, 2.24) is 15.0 Å². The molecule has 6 heteroatoms. The van der Waals surface area contributed by atoms with Gasteiger partial charge in [0.2, 0.25) is 0 Å². The number of benzene rings is 2. The van der Waals surface area contributed by atoms with E-state index in [9.17, 15) is 4.79 Å². The molecule has 1 aliphatic rings. The maximum atomic E-state index is 11.5. The molecule has 0 spiro atoms. The number of nitrogen functional groups attached to an aromatic ring is 1. The van der Waals surface area contributed by atoms with Gasteiger partial charge in [-0.3, -0.25) is 9.78 Å². The lowest BCUT2D eigenvalue weighted by Gasteiger charge is -2.28. The number of hydrogen-bond donors (Lipinski definition) is 2. The Morgan fingerprint density at radius 1 is 1.04 bits per heavy atom. The smallest absolute Gasteiger partial charge is 0.142 e. The Morgan fingerprint density at radius 3 is 2.70 bits per heavy atom. The van der Waals surface area contributed by atoms with Crippen LogP contribution in [-0.2, 0) is 4.79 Å². The summed E-state index contributed by atoms with van der Waals surface area (Å²) in [5.41, 5.74) is 11.7. The summed E-state index contributed by atoms with van der Waals surface area (Å²) in [7, 11) is 0. The molecule has 134 valence electrons. The largest absolute Gasteiger partial charge is 0.398 e. The summed E-state index contributed by atoms with van der Waals surface area (Å²) in [6.07, 6.45) is 3.00. The highest BCUT2D eigenvalue weighted by Gasteiger charge is 2.18. The fourth-order valence-corrected chi connectivity index (χ4v) is 3.69. The zero-order chi connectivity index (χ0) is 18.4. The number of nitrogens with two attached hydrogens (primary N) is 1. The van der Waals surface area contributed by atoms with E-state index in [1.807, 2.05) is 30.3 Å². The van der Waals surface area contributed by atoms with Gasteiger partial charge in [0, 0.05) is 43.2 Å². The van der Waals surface area contributed by atoms with E-state index in [4.69, 9.17) is 10.7 Å². The predicted molar refractivity (Wildman–Crippen MR) is 108 cm³/mol. The van der Waals surface area contributed by atoms with Crippen molar-refractivity contribution in [3.8, 4) is 11.4 Å². The van der Waals surface area contributed by atoms with Crippen LogP contribution in [0.25, 0.3) is 33.3 Å². The standard InChI is InChI=1S/C21H19N5O/c22-20-15-3-1-2-4-17(15)23-12-16(20)21-24-18-6-5-13(11-19(18)25-21)26-9-7-14(27)8-10-26/h1-6,11-12H,7-10H2,(H2,22,23)(H,24,25). The third-order valence-corrected chi connectivity index (χ3v) is 5.22. The molecule has 5 rings (SSSR count). The molecule has 27 heavy (non-hydrogen) atoms. The highest BCUT2D eigenvalue weighted by atomic mass is 16.1. The van der Waals surface area contributed by atoms with Crippen molar-refractivity contribution < 1.29 is 4.79 Å². The van der Waals surface area contributed by atoms with Crippen LogP contribution in [0.2, 0.25) is 0 Å². The molecule has 6 nitrogen and oxygen atoms in total. The predicted octanol–water partition coefficient (Wildman–Crippen LogP) is 3.53. The number of imidazole rings is 1. The number of nitrogens with zero attached hydrogens (tertiary/aromatic N) is 3. The van der Waals surface area contributed by atoms with Crippen molar-refractivity contribution in [2.24, 2.45) is 0 Å². The van der Waals surface area contributed by atoms with Crippen molar-refractivity contribution >= 4 is 39.1 Å². The molecule has 0 saturated carbocycles. The van der Waals surface area contributed by atoms with Crippen LogP contribution in [0.1, 0.15) is 12.8 Å². The Balaban J connectivity index is 1.55. The molecule has 3 heterocycles. The van der Waals surface area contributed by atoms with Crippen LogP contribution in [-0.4, -0.2) is 33.8 Å². The van der Waals surface area contributed by atoms with E-state index >= 15 is 0 Å². The van der Waals surface area contributed by atoms with E-state index in [0.717, 1.165) is 46.3 Å². The Hall–Kier alpha value is -3.41. The first kappa shape index (κ1) is 15.8. The summed E-state index contributed by atoms with van der Waals surface area (Å²) in [6.45, 7) is 1.54. The van der Waals surface area contributed by atoms with E-state index in [0.29, 0.717) is 30.1 Å². The van der Waals surface area contributed by atoms with Crippen molar-refractivity contribution in [2.45, 2.75) is 12.8 Å². The fraction of sp³-hybridized carbons (Fsp3) is 0.190. The molecule has 3 N–H and O–H groups in total. The first-order valence-corrected chi connectivity index (χ1v) is 9.09. The zero-order valence-electron chi connectivity index (χ0n) is 14.8. The third-order valence-electron chi connectivity index (χ3n) is 5.22. The van der Waals surface area contributed by atoms with Crippen LogP contribution in [0.3, 0.4) is 0 Å². The number of piperidine rings is 1. The second-order valence-electron chi connectivity index (χ2n) is 6.92. The van der Waals surface area contributed by atoms with Gasteiger partial charge in [0.25, 0.3) is 0 Å². The molecular weight excluding hydrogens is 338 g/mol. The van der Waals surface area contributed by atoms with Crippen LogP contribution in [0.15, 0.2) is 48.7 Å². The van der Waals surface area contributed by atoms with Gasteiger partial charge in [-0.2, -0.15) is 0 Å². The number of fused-ring (bicyclic) bond motifs is 2. The fourth-order valence-electron chi connectivity index (χ4n) is 3.69. The van der Waals surface area contributed by atoms with Gasteiger partial charge in [0.05, 0.1) is 27.8 Å². The van der Waals surface area contributed by atoms with Gasteiger partial charge in [0.15, 0.2) is 0 Å². The molecule has 0 bridgehead atoms. The molecule has 1 aliphatic heterocycles. The van der Waals surface area contributed by atoms with Crippen molar-refractivity contribution in [2.75, 3.05) is 23.7 Å². The normalized spacial score (nSPS) is 15.0. The van der Waals surface area contributed by atoms with Gasteiger partial charge in [-0.05, 0) is 24.3 Å². The molecule has 1 saturated heterocycles. The first-order valence-electron chi connectivity index (χ1n) is 9.09. The molecule has 0 unspecified atom stereocenters. The number of aromatic nitrogens is 3. The van der Waals surface area contributed by atoms with Crippen LogP contribution >= 0.6 is 0 Å². The second kappa shape index (κ2) is 6.09. The van der Waals surface area contributed by atoms with Crippen molar-refractivity contribution in [1.29, 1.82) is 0 Å². The molecule has 1 fully saturated rings. The minimum atomic E-state index is 0.343. The molecule has 0 aliphatic carbocycles. The van der Waals surface area contributed by atoms with Gasteiger partial charge < -0.3 is 15.6 Å². The number of carbonyl (C=O) groups excluding carboxylic acids is 1. The van der Waals surface area contributed by atoms with E-state index in [1.165, 1.54) is 0 Å². The summed E-state index contributed by atoms with van der Waals surface area (Å²) < 4.78 is 0. The lowest BCUT2D eigenvalue weighted by molar-refractivity contribution is -0.119. The van der Waals surface area contributed by atoms with E-state index < -0.39 is 0 Å². The highest BCUT2D eigenvalue weighted by Crippen LogP contribution is 2.31. The number of pyridine rings is 1. The number of anilines is 2. The van der Waals surface area contributed by atoms with Gasteiger partial charge >= 0.3 is 0 Å². The molecule has 0 amide bonds. The molecular formula is C21H19N5O. The Kier molecular flexibility index (Phi) is 3.57. The SMILES string of the molecule is Nc1c(-c2nc3ccc(N4CCC(=O)CC4)cc3[nH]2)cnc2ccccc12. The number of para-hydroxylation sites is 1. The summed E-state index contributed by atoms with van der Waals surface area (Å²) in [5, 5.41) is 0.925. The zero-order valence-corrected chi connectivity index (χ0v) is 14.8. The average Bonchev–Trinajstić information content (AvgIpc) is 3.12. The lowest BCUT2D eigenvalue weighted by atomic mass is 10.1. The Morgan fingerprint density at radius 2 is 1.85 bits per heavy atom. The van der Waals surface area contributed by atoms with Crippen molar-refractivity contribution in [3.05, 3.63) is 48.7 Å². The monoisotopic (exact) mass is 357 g/mol. The van der Waals surface area contributed by atoms with Gasteiger partial charge in [0.1, 0.15) is 11.6 Å². The topological polar surface area (TPSA) is 87.9 Å². The van der Waals surface area contributed by atoms with E-state index in [2.05, 4.69) is 27.0 Å². The second-order valence-corrected chi connectivity index (χ2v) is 6.92. The Labute approximate surface area is 156 Å². The summed E-state index contributed by atoms with van der Waals surface area (Å²) >= 11 is 0. The number of hydrogen-bond acceptors (Lipinski definition) is 5. The molecule has 2 aromatic heterocycles. The number of H-pyrrole nitrogens is 1. The van der Waals surface area contributed by atoms with Gasteiger partial charge in [-0.1, -0.05) is 18.2 Å². The lowest BCUT2D eigenvalue weighted by Crippen LogP contribution is -2.33. The number of rotatable bonds is 2. The summed E-state index contributed by atoms with van der Waals surface area (Å²) in [5.74, 6) is 1.06. The van der Waals surface area contributed by atoms with Gasteiger partial charge in [-0.25, -0.2) is 4.98 Å². The number of aromatic amines is 1. The van der Waals surface area contributed by atoms with E-state index in [-0.39, 0.29) is 0 Å². The maximum absolute atomic E-state index is 11.5. The van der Waals surface area contributed by atoms with Crippen LogP contribution < -0.4 is 10.6 Å². The molecule has 4 aromatic rings. The highest BCUT2D eigenvalue weighted by molar-refractivity contribution is 5.98. The quantitative estimate of drug-likeness (QED) is 0.573. The maximum Gasteiger partial charge on any atom is 0.142 e. The summed E-state index contributed by atoms with van der Waals surface area (Å²) in [6, 6.07) is 14.0. The van der Waals surface area contributed by atoms with Crippen molar-refractivity contribution in [3.63, 3.8) is 0 Å². The number of ketones is 1. The molecule has 2 aromatic carbocycles. The minimum absolute atomic E-state index is 0.343. The number of nitrogens with one attached hydrogen (secondary N) is 1. The number of carbonyl (C=O) groups is 1. The van der Waals surface area contributed by atoms with Crippen LogP contribution in [0.4, 0.5) is 11.4 Å².